The number of carbonyl (C=O) groups is 2. The molecule has 16 nitrogen and oxygen atoms in total. The zero-order valence-corrected chi connectivity index (χ0v) is 20.7. The second-order valence-electron chi connectivity index (χ2n) is 8.99. The number of carbonyl (C=O) groups excluding carboxylic acids is 1. The highest BCUT2D eigenvalue weighted by Crippen LogP contribution is 2.27. The first-order valence-electron chi connectivity index (χ1n) is 11.8. The lowest BCUT2D eigenvalue weighted by molar-refractivity contribution is -0.213. The van der Waals surface area contributed by atoms with Gasteiger partial charge in [-0.3, -0.25) is 9.69 Å². The van der Waals surface area contributed by atoms with E-state index in [1.54, 1.807) is 0 Å². The van der Waals surface area contributed by atoms with E-state index in [1.165, 1.54) is 24.3 Å². The molecule has 0 aliphatic rings. The first-order valence-corrected chi connectivity index (χ1v) is 11.8. The van der Waals surface area contributed by atoms with Crippen LogP contribution in [0.4, 0.5) is 0 Å². The summed E-state index contributed by atoms with van der Waals surface area (Å²) in [6.45, 7) is -2.19. The zero-order chi connectivity index (χ0) is 30.5. The molecule has 0 fully saturated rings. The molecule has 0 heterocycles. The fourth-order valence-electron chi connectivity index (χ4n) is 3.96. The Labute approximate surface area is 226 Å². The van der Waals surface area contributed by atoms with Gasteiger partial charge in [-0.25, -0.2) is 4.79 Å². The van der Waals surface area contributed by atoms with Gasteiger partial charge in [-0.1, -0.05) is 24.3 Å². The summed E-state index contributed by atoms with van der Waals surface area (Å²) in [6.07, 6.45) is -24.3. The minimum absolute atomic E-state index is 0.0222. The maximum absolute atomic E-state index is 13.7. The predicted octanol–water partition coefficient (Wildman–Crippen LogP) is -5.51. The molecule has 0 aromatic heterocycles. The van der Waals surface area contributed by atoms with Crippen LogP contribution in [0.25, 0.3) is 10.8 Å². The molecule has 0 saturated heterocycles. The lowest BCUT2D eigenvalue weighted by Gasteiger charge is -2.40. The molecule has 40 heavy (non-hydrogen) atoms. The van der Waals surface area contributed by atoms with Crippen LogP contribution in [0.1, 0.15) is 20.7 Å². The van der Waals surface area contributed by atoms with Crippen LogP contribution in [0.15, 0.2) is 36.4 Å². The van der Waals surface area contributed by atoms with Gasteiger partial charge in [0, 0.05) is 5.56 Å². The summed E-state index contributed by atoms with van der Waals surface area (Å²) < 4.78 is 0. The standard InChI is InChI=1S/C24H33NO15/c26-7-13(28)15(30)17(32)19(34)22(37)25(23(38)20(35)18(33)16(31)14(29)8-27)21(36)11-5-6-12(24(39)40)10-4-2-1-3-9(10)11/h1-6,13-20,22-23,26-35,37-38H,7-8H2,(H,39,40)/t13-,14-,15+,16+,17+,18+,19+,20+,22?,23?/m0/s1. The van der Waals surface area contributed by atoms with Crippen molar-refractivity contribution in [2.24, 2.45) is 0 Å². The van der Waals surface area contributed by atoms with Crippen LogP contribution in [-0.4, -0.2) is 158 Å². The van der Waals surface area contributed by atoms with Crippen LogP contribution < -0.4 is 0 Å². The van der Waals surface area contributed by atoms with E-state index in [4.69, 9.17) is 10.2 Å². The molecule has 16 heteroatoms. The number of amides is 1. The van der Waals surface area contributed by atoms with Gasteiger partial charge in [0.2, 0.25) is 0 Å². The van der Waals surface area contributed by atoms with Gasteiger partial charge in [0.15, 0.2) is 12.5 Å². The molecule has 2 unspecified atom stereocenters. The van der Waals surface area contributed by atoms with Crippen LogP contribution >= 0.6 is 0 Å². The van der Waals surface area contributed by atoms with Crippen molar-refractivity contribution >= 4 is 22.6 Å². The minimum atomic E-state index is -2.74. The molecule has 10 atom stereocenters. The summed E-state index contributed by atoms with van der Waals surface area (Å²) in [7, 11) is 0. The Hall–Kier alpha value is -2.84. The topological polar surface area (TPSA) is 300 Å². The number of rotatable bonds is 14. The summed E-state index contributed by atoms with van der Waals surface area (Å²) in [5.74, 6) is -2.79. The van der Waals surface area contributed by atoms with Crippen molar-refractivity contribution in [2.45, 2.75) is 61.3 Å². The molecule has 0 saturated carbocycles. The fourth-order valence-corrected chi connectivity index (χ4v) is 3.96. The van der Waals surface area contributed by atoms with Crippen molar-refractivity contribution in [1.29, 1.82) is 0 Å². The highest BCUT2D eigenvalue weighted by atomic mass is 16.4. The summed E-state index contributed by atoms with van der Waals surface area (Å²) in [5, 5.41) is 130. The average Bonchev–Trinajstić information content (AvgIpc) is 2.96. The molecule has 2 aromatic carbocycles. The zero-order valence-electron chi connectivity index (χ0n) is 20.7. The van der Waals surface area contributed by atoms with Gasteiger partial charge >= 0.3 is 5.97 Å². The lowest BCUT2D eigenvalue weighted by Crippen LogP contribution is -2.63. The van der Waals surface area contributed by atoms with Crippen molar-refractivity contribution in [3.63, 3.8) is 0 Å². The van der Waals surface area contributed by atoms with E-state index in [2.05, 4.69) is 0 Å². The van der Waals surface area contributed by atoms with Crippen LogP contribution in [0, 0.1) is 0 Å². The molecule has 13 N–H and O–H groups in total. The molecule has 0 radical (unpaired) electrons. The Morgan fingerprint density at radius 2 is 0.950 bits per heavy atom. The Morgan fingerprint density at radius 3 is 1.32 bits per heavy atom. The van der Waals surface area contributed by atoms with E-state index >= 15 is 0 Å². The van der Waals surface area contributed by atoms with E-state index in [-0.39, 0.29) is 21.2 Å². The number of benzene rings is 2. The van der Waals surface area contributed by atoms with E-state index in [0.717, 1.165) is 12.1 Å². The van der Waals surface area contributed by atoms with E-state index in [0.29, 0.717) is 0 Å². The average molecular weight is 576 g/mol. The van der Waals surface area contributed by atoms with Gasteiger partial charge in [0.05, 0.1) is 18.8 Å². The quantitative estimate of drug-likeness (QED) is 0.0935. The third-order valence-electron chi connectivity index (χ3n) is 6.36. The Balaban J connectivity index is 2.63. The molecule has 224 valence electrons. The van der Waals surface area contributed by atoms with Gasteiger partial charge in [0.25, 0.3) is 5.91 Å². The lowest BCUT2D eigenvalue weighted by atomic mass is 9.96. The first-order chi connectivity index (χ1) is 18.7. The number of carboxylic acid groups (broad SMARTS) is 1. The molecular formula is C24H33NO15. The summed E-state index contributed by atoms with van der Waals surface area (Å²) in [6, 6.07) is 7.48. The SMILES string of the molecule is O=C(O)c1ccc(C(=O)N(C(O)[C@H](O)[C@H](O)[C@H](O)[C@@H](O)CO)C(O)[C@H](O)[C@H](O)[C@H](O)[C@@H](O)CO)c2ccccc12. The normalized spacial score (nSPS) is 19.5. The van der Waals surface area contributed by atoms with Crippen molar-refractivity contribution < 1.29 is 76.0 Å². The Bertz CT molecular complexity index is 1110. The van der Waals surface area contributed by atoms with E-state index < -0.39 is 91.9 Å². The molecule has 1 amide bonds. The summed E-state index contributed by atoms with van der Waals surface area (Å²) in [4.78, 5) is 25.2. The van der Waals surface area contributed by atoms with Gasteiger partial charge in [-0.05, 0) is 22.9 Å². The van der Waals surface area contributed by atoms with Crippen LogP contribution in [0.3, 0.4) is 0 Å². The molecule has 0 aliphatic carbocycles. The molecule has 0 aliphatic heterocycles. The van der Waals surface area contributed by atoms with Gasteiger partial charge in [-0.2, -0.15) is 0 Å². The number of aromatic carboxylic acids is 1. The van der Waals surface area contributed by atoms with Crippen molar-refractivity contribution in [2.75, 3.05) is 13.2 Å². The number of aliphatic hydroxyl groups is 12. The van der Waals surface area contributed by atoms with Crippen molar-refractivity contribution in [3.05, 3.63) is 47.5 Å². The molecule has 0 spiro atoms. The smallest absolute Gasteiger partial charge is 0.336 e. The number of hydrogen-bond acceptors (Lipinski definition) is 14. The summed E-state index contributed by atoms with van der Waals surface area (Å²) >= 11 is 0. The van der Waals surface area contributed by atoms with Crippen LogP contribution in [-0.2, 0) is 0 Å². The van der Waals surface area contributed by atoms with Gasteiger partial charge in [0.1, 0.15) is 48.8 Å². The third kappa shape index (κ3) is 6.89. The van der Waals surface area contributed by atoms with Gasteiger partial charge < -0.3 is 66.4 Å². The van der Waals surface area contributed by atoms with E-state index in [1.807, 2.05) is 0 Å². The monoisotopic (exact) mass is 575 g/mol. The second-order valence-corrected chi connectivity index (χ2v) is 8.99. The second kappa shape index (κ2) is 14.2. The highest BCUT2D eigenvalue weighted by Gasteiger charge is 2.45. The molecule has 0 bridgehead atoms. The third-order valence-corrected chi connectivity index (χ3v) is 6.36. The predicted molar refractivity (Wildman–Crippen MR) is 131 cm³/mol. The first kappa shape index (κ1) is 33.4. The Kier molecular flexibility index (Phi) is 11.8. The van der Waals surface area contributed by atoms with Gasteiger partial charge in [-0.15, -0.1) is 0 Å². The number of carboxylic acids is 1. The molecule has 2 rings (SSSR count). The number of hydrogen-bond donors (Lipinski definition) is 13. The van der Waals surface area contributed by atoms with Crippen LogP contribution in [0.5, 0.6) is 0 Å². The molecule has 2 aromatic rings. The maximum Gasteiger partial charge on any atom is 0.336 e. The highest BCUT2D eigenvalue weighted by molar-refractivity contribution is 6.12. The van der Waals surface area contributed by atoms with Crippen LogP contribution in [0.2, 0.25) is 0 Å². The fraction of sp³-hybridized carbons (Fsp3) is 0.500. The summed E-state index contributed by atoms with van der Waals surface area (Å²) in [5.41, 5.74) is -0.665. The minimum Gasteiger partial charge on any atom is -0.478 e. The molecular weight excluding hydrogens is 542 g/mol. The number of aliphatic hydroxyl groups excluding tert-OH is 12. The van der Waals surface area contributed by atoms with Crippen molar-refractivity contribution in [3.8, 4) is 0 Å². The maximum atomic E-state index is 13.7. The van der Waals surface area contributed by atoms with E-state index in [9.17, 15) is 65.8 Å². The Morgan fingerprint density at radius 1 is 0.575 bits per heavy atom. The van der Waals surface area contributed by atoms with Crippen molar-refractivity contribution in [1.82, 2.24) is 4.90 Å². The number of fused-ring (bicyclic) bond motifs is 1. The largest absolute Gasteiger partial charge is 0.478 e. The number of nitrogens with zero attached hydrogens (tertiary/aromatic N) is 1.